The minimum atomic E-state index is -0.527. The van der Waals surface area contributed by atoms with Crippen molar-refractivity contribution >= 4 is 23.2 Å². The Morgan fingerprint density at radius 2 is 1.71 bits per heavy atom. The number of anilines is 1. The molecule has 4 atom stereocenters. The van der Waals surface area contributed by atoms with E-state index in [-0.39, 0.29) is 41.2 Å². The van der Waals surface area contributed by atoms with Crippen molar-refractivity contribution in [3.63, 3.8) is 0 Å². The van der Waals surface area contributed by atoms with E-state index in [0.717, 1.165) is 11.3 Å². The summed E-state index contributed by atoms with van der Waals surface area (Å²) in [7, 11) is 0. The van der Waals surface area contributed by atoms with Crippen LogP contribution in [0.5, 0.6) is 0 Å². The lowest BCUT2D eigenvalue weighted by Crippen LogP contribution is -2.32. The fourth-order valence-electron chi connectivity index (χ4n) is 3.90. The summed E-state index contributed by atoms with van der Waals surface area (Å²) in [4.78, 5) is 36.6. The van der Waals surface area contributed by atoms with E-state index in [1.54, 1.807) is 6.07 Å². The summed E-state index contributed by atoms with van der Waals surface area (Å²) in [5.74, 6) is -0.733. The molecular formula is C15H12N2O4. The summed E-state index contributed by atoms with van der Waals surface area (Å²) in [5, 5.41) is 10.8. The van der Waals surface area contributed by atoms with Crippen LogP contribution in [0, 0.1) is 33.8 Å². The van der Waals surface area contributed by atoms with Gasteiger partial charge in [0.1, 0.15) is 0 Å². The molecule has 0 aromatic heterocycles. The summed E-state index contributed by atoms with van der Waals surface area (Å²) >= 11 is 0. The average Bonchev–Trinajstić information content (AvgIpc) is 3.13. The van der Waals surface area contributed by atoms with Crippen molar-refractivity contribution in [2.24, 2.45) is 23.7 Å². The third-order valence-corrected chi connectivity index (χ3v) is 4.77. The van der Waals surface area contributed by atoms with Gasteiger partial charge in [0.15, 0.2) is 0 Å². The highest BCUT2D eigenvalue weighted by Crippen LogP contribution is 2.53. The number of benzene rings is 1. The molecule has 0 spiro atoms. The lowest BCUT2D eigenvalue weighted by molar-refractivity contribution is -0.384. The predicted octanol–water partition coefficient (Wildman–Crippen LogP) is 1.91. The standard InChI is InChI=1S/C15H12N2O4/c18-14-12-8-4-5-9(6-8)13(12)15(19)16(14)10-2-1-3-11(7-10)17(20)21/h1-5,7-9,12-13H,6H2/t8-,9-,12+,13+/m1/s1. The minimum absolute atomic E-state index is 0.119. The van der Waals surface area contributed by atoms with Gasteiger partial charge in [-0.2, -0.15) is 0 Å². The zero-order valence-corrected chi connectivity index (χ0v) is 11.0. The number of hydrogen-bond donors (Lipinski definition) is 0. The van der Waals surface area contributed by atoms with Crippen molar-refractivity contribution in [2.45, 2.75) is 6.42 Å². The monoisotopic (exact) mass is 284 g/mol. The molecule has 2 bridgehead atoms. The second-order valence-electron chi connectivity index (χ2n) is 5.79. The Kier molecular flexibility index (Phi) is 2.34. The number of allylic oxidation sites excluding steroid dienone is 2. The fraction of sp³-hybridized carbons (Fsp3) is 0.333. The molecule has 0 N–H and O–H groups in total. The van der Waals surface area contributed by atoms with E-state index in [9.17, 15) is 19.7 Å². The molecule has 1 heterocycles. The first-order valence-electron chi connectivity index (χ1n) is 6.88. The quantitative estimate of drug-likeness (QED) is 0.359. The van der Waals surface area contributed by atoms with Gasteiger partial charge in [0.2, 0.25) is 11.8 Å². The summed E-state index contributed by atoms with van der Waals surface area (Å²) in [5.41, 5.74) is 0.180. The third kappa shape index (κ3) is 1.53. The van der Waals surface area contributed by atoms with Gasteiger partial charge in [-0.1, -0.05) is 18.2 Å². The largest absolute Gasteiger partial charge is 0.274 e. The lowest BCUT2D eigenvalue weighted by Gasteiger charge is -2.16. The Bertz CT molecular complexity index is 681. The van der Waals surface area contributed by atoms with Crippen molar-refractivity contribution < 1.29 is 14.5 Å². The number of carbonyl (C=O) groups is 2. The molecule has 21 heavy (non-hydrogen) atoms. The fourth-order valence-corrected chi connectivity index (χ4v) is 3.90. The molecule has 3 aliphatic rings. The third-order valence-electron chi connectivity index (χ3n) is 4.77. The first-order chi connectivity index (χ1) is 10.1. The number of fused-ring (bicyclic) bond motifs is 5. The molecule has 2 amide bonds. The Hall–Kier alpha value is -2.50. The highest BCUT2D eigenvalue weighted by molar-refractivity contribution is 6.22. The van der Waals surface area contributed by atoms with Crippen LogP contribution < -0.4 is 4.90 Å². The normalized spacial score (nSPS) is 32.9. The van der Waals surface area contributed by atoms with Crippen LogP contribution in [0.4, 0.5) is 11.4 Å². The van der Waals surface area contributed by atoms with Crippen LogP contribution in [-0.2, 0) is 9.59 Å². The van der Waals surface area contributed by atoms with E-state index in [0.29, 0.717) is 5.69 Å². The Labute approximate surface area is 120 Å². The van der Waals surface area contributed by atoms with Crippen molar-refractivity contribution in [2.75, 3.05) is 4.90 Å². The van der Waals surface area contributed by atoms with Gasteiger partial charge in [-0.25, -0.2) is 4.90 Å². The van der Waals surface area contributed by atoms with E-state index in [2.05, 4.69) is 0 Å². The summed E-state index contributed by atoms with van der Waals surface area (Å²) in [6.45, 7) is 0. The highest BCUT2D eigenvalue weighted by Gasteiger charge is 2.59. The van der Waals surface area contributed by atoms with Crippen LogP contribution in [0.15, 0.2) is 36.4 Å². The second-order valence-corrected chi connectivity index (χ2v) is 5.79. The number of nitrogens with zero attached hydrogens (tertiary/aromatic N) is 2. The molecule has 0 radical (unpaired) electrons. The average molecular weight is 284 g/mol. The molecule has 4 rings (SSSR count). The summed E-state index contributed by atoms with van der Waals surface area (Å²) in [6, 6.07) is 5.70. The maximum Gasteiger partial charge on any atom is 0.271 e. The molecule has 0 unspecified atom stereocenters. The molecule has 1 aliphatic heterocycles. The number of carbonyl (C=O) groups excluding carboxylic acids is 2. The predicted molar refractivity (Wildman–Crippen MR) is 73.3 cm³/mol. The highest BCUT2D eigenvalue weighted by atomic mass is 16.6. The Morgan fingerprint density at radius 3 is 2.29 bits per heavy atom. The molecule has 6 nitrogen and oxygen atoms in total. The Balaban J connectivity index is 1.74. The van der Waals surface area contributed by atoms with Gasteiger partial charge >= 0.3 is 0 Å². The zero-order chi connectivity index (χ0) is 14.7. The van der Waals surface area contributed by atoms with E-state index >= 15 is 0 Å². The van der Waals surface area contributed by atoms with Gasteiger partial charge in [0, 0.05) is 12.1 Å². The van der Waals surface area contributed by atoms with Crippen molar-refractivity contribution in [3.8, 4) is 0 Å². The van der Waals surface area contributed by atoms with Gasteiger partial charge in [-0.05, 0) is 24.3 Å². The van der Waals surface area contributed by atoms with Crippen LogP contribution in [0.3, 0.4) is 0 Å². The molecule has 2 fully saturated rings. The van der Waals surface area contributed by atoms with Crippen molar-refractivity contribution in [1.29, 1.82) is 0 Å². The van der Waals surface area contributed by atoms with Crippen molar-refractivity contribution in [1.82, 2.24) is 0 Å². The zero-order valence-electron chi connectivity index (χ0n) is 11.0. The van der Waals surface area contributed by atoms with Crippen molar-refractivity contribution in [3.05, 3.63) is 46.5 Å². The number of amides is 2. The van der Waals surface area contributed by atoms with Gasteiger partial charge in [0.05, 0.1) is 22.4 Å². The van der Waals surface area contributed by atoms with Gasteiger partial charge in [-0.15, -0.1) is 0 Å². The maximum absolute atomic E-state index is 12.6. The molecule has 1 aromatic rings. The molecular weight excluding hydrogens is 272 g/mol. The number of hydrogen-bond acceptors (Lipinski definition) is 4. The SMILES string of the molecule is O=C1[C@@H]2[C@@H](C(=O)N1c1cccc([N+](=O)[O-])c1)[C@@H]1C=C[C@@H]2C1. The summed E-state index contributed by atoms with van der Waals surface area (Å²) in [6.07, 6.45) is 4.91. The van der Waals surface area contributed by atoms with E-state index in [1.807, 2.05) is 12.2 Å². The number of nitro groups is 1. The second kappa shape index (κ2) is 4.00. The molecule has 2 aliphatic carbocycles. The van der Waals surface area contributed by atoms with E-state index in [1.165, 1.54) is 18.2 Å². The van der Waals surface area contributed by atoms with Crippen LogP contribution in [0.25, 0.3) is 0 Å². The molecule has 1 saturated carbocycles. The van der Waals surface area contributed by atoms with E-state index in [4.69, 9.17) is 0 Å². The summed E-state index contributed by atoms with van der Waals surface area (Å²) < 4.78 is 0. The smallest absolute Gasteiger partial charge is 0.271 e. The van der Waals surface area contributed by atoms with Gasteiger partial charge in [-0.3, -0.25) is 19.7 Å². The molecule has 1 saturated heterocycles. The number of rotatable bonds is 2. The maximum atomic E-state index is 12.6. The number of nitro benzene ring substituents is 1. The van der Waals surface area contributed by atoms with Crippen LogP contribution in [-0.4, -0.2) is 16.7 Å². The van der Waals surface area contributed by atoms with Crippen LogP contribution >= 0.6 is 0 Å². The van der Waals surface area contributed by atoms with Crippen LogP contribution in [0.1, 0.15) is 6.42 Å². The number of non-ortho nitro benzene ring substituents is 1. The molecule has 1 aromatic carbocycles. The number of imide groups is 1. The van der Waals surface area contributed by atoms with Crippen LogP contribution in [0.2, 0.25) is 0 Å². The molecule has 6 heteroatoms. The van der Waals surface area contributed by atoms with Gasteiger partial charge in [0.25, 0.3) is 5.69 Å². The first kappa shape index (κ1) is 12.3. The first-order valence-corrected chi connectivity index (χ1v) is 6.88. The minimum Gasteiger partial charge on any atom is -0.274 e. The van der Waals surface area contributed by atoms with E-state index < -0.39 is 4.92 Å². The molecule has 106 valence electrons. The lowest BCUT2D eigenvalue weighted by atomic mass is 9.85. The topological polar surface area (TPSA) is 80.5 Å². The van der Waals surface area contributed by atoms with Gasteiger partial charge < -0.3 is 0 Å². The Morgan fingerprint density at radius 1 is 1.10 bits per heavy atom.